The number of allylic oxidation sites excluding steroid dienone is 1. The Balaban J connectivity index is 4.11. The first-order valence-corrected chi connectivity index (χ1v) is 6.44. The minimum absolute atomic E-state index is 0.0913. The van der Waals surface area contributed by atoms with E-state index in [1.54, 1.807) is 6.26 Å². The maximum atomic E-state index is 11.0. The molecule has 0 aromatic rings. The van der Waals surface area contributed by atoms with E-state index in [4.69, 9.17) is 14.9 Å². The van der Waals surface area contributed by atoms with Gasteiger partial charge < -0.3 is 9.63 Å². The Hall–Kier alpha value is -0.490. The van der Waals surface area contributed by atoms with Gasteiger partial charge in [-0.25, -0.2) is 4.57 Å². The van der Waals surface area contributed by atoms with Gasteiger partial charge in [0.25, 0.3) is 0 Å². The number of rotatable bonds is 6. The normalized spacial score (nSPS) is 12.6. The number of hydrogen-bond acceptors (Lipinski definition) is 5. The zero-order chi connectivity index (χ0) is 11.2. The summed E-state index contributed by atoms with van der Waals surface area (Å²) in [7, 11) is -4.68. The largest absolute Gasteiger partial charge is 0.524 e. The van der Waals surface area contributed by atoms with Gasteiger partial charge in [0.15, 0.2) is 5.76 Å². The van der Waals surface area contributed by atoms with E-state index >= 15 is 0 Å². The highest BCUT2D eigenvalue weighted by Crippen LogP contribution is 2.36. The van der Waals surface area contributed by atoms with Crippen molar-refractivity contribution in [3.05, 3.63) is 12.0 Å². The molecule has 8 heteroatoms. The van der Waals surface area contributed by atoms with Crippen LogP contribution in [0.3, 0.4) is 0 Å². The van der Waals surface area contributed by atoms with Crippen molar-refractivity contribution in [2.75, 3.05) is 12.0 Å². The maximum Gasteiger partial charge on any atom is 0.524 e. The van der Waals surface area contributed by atoms with E-state index in [2.05, 4.69) is 4.52 Å². The molecule has 0 unspecified atom stereocenters. The van der Waals surface area contributed by atoms with Crippen LogP contribution in [0.1, 0.15) is 6.42 Å². The van der Waals surface area contributed by atoms with Crippen molar-refractivity contribution in [3.8, 4) is 0 Å². The summed E-state index contributed by atoms with van der Waals surface area (Å²) in [6.45, 7) is 0. The molecule has 0 radical (unpaired) electrons. The molecule has 0 saturated carbocycles. The third-order valence-electron chi connectivity index (χ3n) is 1.12. The molecular weight excluding hydrogens is 231 g/mol. The highest BCUT2D eigenvalue weighted by Gasteiger charge is 2.15. The van der Waals surface area contributed by atoms with Gasteiger partial charge in [0.1, 0.15) is 6.26 Å². The van der Waals surface area contributed by atoms with Gasteiger partial charge in [-0.2, -0.15) is 11.8 Å². The van der Waals surface area contributed by atoms with Crippen molar-refractivity contribution in [1.29, 1.82) is 0 Å². The summed E-state index contributed by atoms with van der Waals surface area (Å²) < 4.78 is 14.0. The molecule has 3 N–H and O–H groups in total. The van der Waals surface area contributed by atoms with E-state index in [1.807, 2.05) is 0 Å². The van der Waals surface area contributed by atoms with Crippen LogP contribution >= 0.6 is 19.6 Å². The molecule has 0 heterocycles. The molecule has 0 bridgehead atoms. The van der Waals surface area contributed by atoms with E-state index in [-0.39, 0.29) is 6.42 Å². The van der Waals surface area contributed by atoms with Crippen LogP contribution in [0.15, 0.2) is 12.0 Å². The number of carbonyl (C=O) groups excluding carboxylic acids is 1. The molecule has 6 nitrogen and oxygen atoms in total. The number of hydrogen-bond donors (Lipinski definition) is 3. The van der Waals surface area contributed by atoms with Gasteiger partial charge in [-0.1, -0.05) is 0 Å². The summed E-state index contributed by atoms with van der Waals surface area (Å²) in [6, 6.07) is 0. The van der Waals surface area contributed by atoms with E-state index in [0.717, 1.165) is 0 Å². The van der Waals surface area contributed by atoms with Crippen LogP contribution in [-0.4, -0.2) is 32.7 Å². The second-order valence-corrected chi connectivity index (χ2v) is 4.44. The maximum absolute atomic E-state index is 11.0. The predicted molar refractivity (Wildman–Crippen MR) is 51.8 cm³/mol. The number of carbonyl (C=O) groups is 1. The number of Topliss-reactive ketones (excluding diaryl/α,β-unsaturated/α-hetero) is 1. The van der Waals surface area contributed by atoms with Gasteiger partial charge in [0, 0.05) is 12.2 Å². The Bertz CT molecular complexity index is 269. The number of ketones is 1. The van der Waals surface area contributed by atoms with Gasteiger partial charge in [-0.15, -0.1) is 0 Å². The molecule has 0 fully saturated rings. The molecule has 0 aliphatic carbocycles. The molecule has 82 valence electrons. The average molecular weight is 242 g/mol. The minimum atomic E-state index is -4.68. The van der Waals surface area contributed by atoms with Crippen LogP contribution in [0.4, 0.5) is 0 Å². The van der Waals surface area contributed by atoms with Gasteiger partial charge >= 0.3 is 7.82 Å². The summed E-state index contributed by atoms with van der Waals surface area (Å²) in [5, 5.41) is 8.94. The summed E-state index contributed by atoms with van der Waals surface area (Å²) in [5.74, 6) is -0.887. The molecule has 0 aromatic carbocycles. The molecule has 14 heavy (non-hydrogen) atoms. The number of phosphoric ester groups is 1. The highest BCUT2D eigenvalue weighted by atomic mass is 32.2. The van der Waals surface area contributed by atoms with Crippen LogP contribution in [0.25, 0.3) is 0 Å². The van der Waals surface area contributed by atoms with Crippen molar-refractivity contribution < 1.29 is 28.8 Å². The lowest BCUT2D eigenvalue weighted by molar-refractivity contribution is -0.117. The minimum Gasteiger partial charge on any atom is -0.502 e. The second-order valence-electron chi connectivity index (χ2n) is 2.27. The number of aliphatic hydroxyl groups excluding tert-OH is 1. The molecule has 0 aliphatic rings. The van der Waals surface area contributed by atoms with Crippen molar-refractivity contribution in [1.82, 2.24) is 0 Å². The molecule has 0 amide bonds. The summed E-state index contributed by atoms with van der Waals surface area (Å²) >= 11 is 1.42. The zero-order valence-corrected chi connectivity index (χ0v) is 9.12. The summed E-state index contributed by atoms with van der Waals surface area (Å²) in [5.41, 5.74) is 0. The fourth-order valence-electron chi connectivity index (χ4n) is 0.507. The average Bonchev–Trinajstić information content (AvgIpc) is 2.09. The lowest BCUT2D eigenvalue weighted by Gasteiger charge is -2.02. The molecule has 0 saturated heterocycles. The number of aliphatic hydroxyl groups is 1. The standard InChI is InChI=1S/C6H11O6PS/c1-14-3-2-5(7)6(8)4-12-13(9,10)11/h4,8H,2-3H2,1H3,(H2,9,10,11)/b6-4-. The Labute approximate surface area is 85.2 Å². The van der Waals surface area contributed by atoms with Gasteiger partial charge in [0.2, 0.25) is 5.78 Å². The SMILES string of the molecule is CSCCC(=O)/C(O)=C/OP(=O)(O)O. The van der Waals surface area contributed by atoms with Crippen LogP contribution in [0, 0.1) is 0 Å². The topological polar surface area (TPSA) is 104 Å². The quantitative estimate of drug-likeness (QED) is 0.359. The Morgan fingerprint density at radius 3 is 2.57 bits per heavy atom. The molecule has 0 rings (SSSR count). The lowest BCUT2D eigenvalue weighted by atomic mass is 10.3. The predicted octanol–water partition coefficient (Wildman–Crippen LogP) is 0.817. The second kappa shape index (κ2) is 6.08. The van der Waals surface area contributed by atoms with Gasteiger partial charge in [-0.05, 0) is 6.26 Å². The third kappa shape index (κ3) is 6.97. The van der Waals surface area contributed by atoms with Crippen LogP contribution < -0.4 is 0 Å². The van der Waals surface area contributed by atoms with E-state index < -0.39 is 19.4 Å². The Morgan fingerprint density at radius 1 is 1.57 bits per heavy atom. The van der Waals surface area contributed by atoms with Crippen molar-refractivity contribution in [3.63, 3.8) is 0 Å². The number of phosphoric acid groups is 1. The van der Waals surface area contributed by atoms with Gasteiger partial charge in [0.05, 0.1) is 0 Å². The fourth-order valence-corrected chi connectivity index (χ4v) is 1.13. The number of thioether (sulfide) groups is 1. The molecule has 0 spiro atoms. The van der Waals surface area contributed by atoms with Crippen molar-refractivity contribution in [2.24, 2.45) is 0 Å². The smallest absolute Gasteiger partial charge is 0.502 e. The Kier molecular flexibility index (Phi) is 5.87. The molecular formula is C6H11O6PS. The molecule has 0 aliphatic heterocycles. The van der Waals surface area contributed by atoms with Crippen molar-refractivity contribution in [2.45, 2.75) is 6.42 Å². The first-order chi connectivity index (χ1) is 6.37. The van der Waals surface area contributed by atoms with E-state index in [0.29, 0.717) is 12.0 Å². The fraction of sp³-hybridized carbons (Fsp3) is 0.500. The van der Waals surface area contributed by atoms with Gasteiger partial charge in [-0.3, -0.25) is 14.6 Å². The van der Waals surface area contributed by atoms with E-state index in [1.165, 1.54) is 11.8 Å². The monoisotopic (exact) mass is 242 g/mol. The highest BCUT2D eigenvalue weighted by molar-refractivity contribution is 7.98. The van der Waals surface area contributed by atoms with Crippen LogP contribution in [-0.2, 0) is 13.9 Å². The third-order valence-corrected chi connectivity index (χ3v) is 2.11. The molecule has 0 aromatic heterocycles. The Morgan fingerprint density at radius 2 is 2.14 bits per heavy atom. The van der Waals surface area contributed by atoms with Crippen LogP contribution in [0.2, 0.25) is 0 Å². The summed E-state index contributed by atoms with van der Waals surface area (Å²) in [4.78, 5) is 27.4. The van der Waals surface area contributed by atoms with E-state index in [9.17, 15) is 9.36 Å². The summed E-state index contributed by atoms with van der Waals surface area (Å²) in [6.07, 6.45) is 2.25. The first kappa shape index (κ1) is 13.5. The van der Waals surface area contributed by atoms with Crippen LogP contribution in [0.5, 0.6) is 0 Å². The first-order valence-electron chi connectivity index (χ1n) is 3.52. The lowest BCUT2D eigenvalue weighted by Crippen LogP contribution is -2.03. The molecule has 0 atom stereocenters. The van der Waals surface area contributed by atoms with Crippen molar-refractivity contribution >= 4 is 25.4 Å². The zero-order valence-electron chi connectivity index (χ0n) is 7.41.